The van der Waals surface area contributed by atoms with Gasteiger partial charge in [-0.2, -0.15) is 0 Å². The maximum absolute atomic E-state index is 5.66. The van der Waals surface area contributed by atoms with Crippen LogP contribution >= 0.6 is 0 Å². The molecule has 12 heteroatoms. The molecule has 0 N–H and O–H groups in total. The van der Waals surface area contributed by atoms with Gasteiger partial charge in [-0.15, -0.1) is 0 Å². The number of rotatable bonds is 7. The molecule has 360 valence electrons. The summed E-state index contributed by atoms with van der Waals surface area (Å²) in [6.07, 6.45) is 9.62. The molecule has 60 heavy (non-hydrogen) atoms. The van der Waals surface area contributed by atoms with Gasteiger partial charge in [-0.1, -0.05) is 48.5 Å². The van der Waals surface area contributed by atoms with Crippen molar-refractivity contribution in [3.8, 4) is 0 Å². The largest absolute Gasteiger partial charge is 0.378 e. The Morgan fingerprint density at radius 1 is 0.500 bits per heavy atom. The van der Waals surface area contributed by atoms with Crippen LogP contribution in [0.25, 0.3) is 0 Å². The lowest BCUT2D eigenvalue weighted by Gasteiger charge is -2.41. The number of ether oxygens (including phenoxy) is 6. The monoisotopic (exact) mass is 859 g/mol. The third-order valence-electron chi connectivity index (χ3n) is 14.2. The molecule has 0 radical (unpaired) electrons. The Balaban J connectivity index is 0.000000360. The minimum atomic E-state index is 0.290. The van der Waals surface area contributed by atoms with Crippen LogP contribution < -0.4 is 0 Å². The lowest BCUT2D eigenvalue weighted by molar-refractivity contribution is -0.0552. The van der Waals surface area contributed by atoms with Crippen molar-refractivity contribution >= 4 is 0 Å². The van der Waals surface area contributed by atoms with Crippen LogP contribution in [0.4, 0.5) is 0 Å². The molecule has 4 unspecified atom stereocenters. The van der Waals surface area contributed by atoms with E-state index in [1.165, 1.54) is 38.5 Å². The minimum absolute atomic E-state index is 0.290. The lowest BCUT2D eigenvalue weighted by atomic mass is 9.97. The van der Waals surface area contributed by atoms with Gasteiger partial charge in [0.15, 0.2) is 0 Å². The van der Waals surface area contributed by atoms with Crippen molar-refractivity contribution in [1.29, 1.82) is 0 Å². The fourth-order valence-corrected chi connectivity index (χ4v) is 8.46. The van der Waals surface area contributed by atoms with Gasteiger partial charge in [0.1, 0.15) is 0 Å². The molecule has 6 aliphatic rings. The van der Waals surface area contributed by atoms with Crippen LogP contribution in [0.1, 0.15) is 121 Å². The zero-order valence-electron chi connectivity index (χ0n) is 42.7. The van der Waals surface area contributed by atoms with Crippen molar-refractivity contribution in [2.45, 2.75) is 181 Å². The van der Waals surface area contributed by atoms with E-state index in [1.807, 2.05) is 0 Å². The molecule has 6 aliphatic heterocycles. The first-order chi connectivity index (χ1) is 28.5. The maximum Gasteiger partial charge on any atom is 0.0702 e. The summed E-state index contributed by atoms with van der Waals surface area (Å²) in [6, 6.07) is 3.84. The predicted molar refractivity (Wildman–Crippen MR) is 253 cm³/mol. The first kappa shape index (κ1) is 57.5. The van der Waals surface area contributed by atoms with E-state index >= 15 is 0 Å². The summed E-state index contributed by atoms with van der Waals surface area (Å²) in [4.78, 5) is 14.3. The van der Waals surface area contributed by atoms with Crippen LogP contribution in [0.5, 0.6) is 0 Å². The number of nitrogens with zero attached hydrogens (tertiary/aromatic N) is 6. The van der Waals surface area contributed by atoms with E-state index in [0.717, 1.165) is 98.6 Å². The molecular formula is C48H102N6O6. The van der Waals surface area contributed by atoms with Crippen molar-refractivity contribution in [2.75, 3.05) is 134 Å². The van der Waals surface area contributed by atoms with Crippen molar-refractivity contribution in [2.24, 2.45) is 0 Å². The second kappa shape index (κ2) is 32.2. The Morgan fingerprint density at radius 3 is 1.48 bits per heavy atom. The maximum atomic E-state index is 5.66. The highest BCUT2D eigenvalue weighted by molar-refractivity contribution is 4.85. The van der Waals surface area contributed by atoms with E-state index in [0.29, 0.717) is 54.6 Å². The highest BCUT2D eigenvalue weighted by Crippen LogP contribution is 2.21. The highest BCUT2D eigenvalue weighted by Gasteiger charge is 2.30. The van der Waals surface area contributed by atoms with Gasteiger partial charge < -0.3 is 28.4 Å². The molecule has 0 spiro atoms. The fraction of sp³-hybridized carbons (Fsp3) is 1.00. The van der Waals surface area contributed by atoms with Crippen LogP contribution in [0.2, 0.25) is 0 Å². The molecule has 0 aromatic carbocycles. The number of likely N-dealkylation sites (N-methyl/N-ethyl adjacent to an activating group) is 6. The van der Waals surface area contributed by atoms with Gasteiger partial charge in [0, 0.05) is 74.5 Å². The highest BCUT2D eigenvalue weighted by atomic mass is 16.5. The number of hydrogen-bond donors (Lipinski definition) is 0. The van der Waals surface area contributed by atoms with E-state index in [-0.39, 0.29) is 5.54 Å². The summed E-state index contributed by atoms with van der Waals surface area (Å²) in [5.41, 5.74) is 0.290. The Kier molecular flexibility index (Phi) is 30.9. The first-order valence-electron chi connectivity index (χ1n) is 24.4. The van der Waals surface area contributed by atoms with Gasteiger partial charge >= 0.3 is 0 Å². The number of morpholine rings is 6. The van der Waals surface area contributed by atoms with Gasteiger partial charge in [0.25, 0.3) is 0 Å². The molecule has 6 heterocycles. The molecule has 12 nitrogen and oxygen atoms in total. The van der Waals surface area contributed by atoms with Gasteiger partial charge in [-0.05, 0) is 115 Å². The van der Waals surface area contributed by atoms with Crippen LogP contribution in [0.15, 0.2) is 0 Å². The van der Waals surface area contributed by atoms with E-state index in [9.17, 15) is 0 Å². The Labute approximate surface area is 372 Å². The molecule has 0 aliphatic carbocycles. The van der Waals surface area contributed by atoms with Gasteiger partial charge in [0.05, 0.1) is 77.8 Å². The topological polar surface area (TPSA) is 74.8 Å². The molecular weight excluding hydrogens is 757 g/mol. The second-order valence-corrected chi connectivity index (χ2v) is 18.6. The fourth-order valence-electron chi connectivity index (χ4n) is 8.46. The van der Waals surface area contributed by atoms with Crippen molar-refractivity contribution in [3.63, 3.8) is 0 Å². The molecule has 6 fully saturated rings. The van der Waals surface area contributed by atoms with Crippen LogP contribution in [0, 0.1) is 0 Å². The summed E-state index contributed by atoms with van der Waals surface area (Å²) in [7, 11) is 13.1. The average molecular weight is 859 g/mol. The molecule has 0 amide bonds. The van der Waals surface area contributed by atoms with Crippen molar-refractivity contribution < 1.29 is 28.4 Å². The third kappa shape index (κ3) is 21.0. The van der Waals surface area contributed by atoms with E-state index in [2.05, 4.69) is 148 Å². The Bertz CT molecular complexity index is 1030. The SMILES string of the molecule is CCC1CN(C)[C@H](CC)CO1.CC[C@@H]1C(C)OCCN1C.CC[C@@H]1COC(C)CN1C.CC[C@@H]1COCC(C)N1C.CC[C@@H]1COCCN1C.CC[C@]1(C)COCCN1C. The molecule has 6 rings (SSSR count). The van der Waals surface area contributed by atoms with E-state index in [4.69, 9.17) is 28.4 Å². The molecule has 6 saturated heterocycles. The quantitative estimate of drug-likeness (QED) is 0.274. The first-order valence-corrected chi connectivity index (χ1v) is 24.4. The molecule has 0 aromatic heterocycles. The minimum Gasteiger partial charge on any atom is -0.378 e. The Morgan fingerprint density at radius 2 is 1.05 bits per heavy atom. The standard InChI is InChI=1S/C9H19NO.4C8H17NO.C7H15NO/c1-4-8-7-11-9(5-2)6-10(8)3;1-4-8-6-10-5-7(2)9(8)3;1-4-8-6-10-7(2)5-9(8)3;1-4-8(2)7-10-6-5-9(8)3;1-4-8-7(2)10-6-5-9(8)3;1-3-7-6-9-5-4-8(7)2/h8-9H,4-7H2,1-3H3;2*7-8H,4-6H2,1-3H3;4-7H2,1-3H3;7-8H,4-6H2,1-3H3;7H,3-6H2,1-2H3/t8-,9?;2*7?,8-;8-;7?,8-;7-/m111111/s1. The van der Waals surface area contributed by atoms with E-state index in [1.54, 1.807) is 0 Å². The zero-order valence-corrected chi connectivity index (χ0v) is 42.7. The summed E-state index contributed by atoms with van der Waals surface area (Å²) < 4.78 is 32.8. The predicted octanol–water partition coefficient (Wildman–Crippen LogP) is 6.70. The normalized spacial score (nSPS) is 35.0. The summed E-state index contributed by atoms with van der Waals surface area (Å²) in [5.74, 6) is 0. The van der Waals surface area contributed by atoms with Crippen molar-refractivity contribution in [3.05, 3.63) is 0 Å². The summed E-state index contributed by atoms with van der Waals surface area (Å²) >= 11 is 0. The Hall–Kier alpha value is -0.480. The zero-order chi connectivity index (χ0) is 45.3. The molecule has 0 saturated carbocycles. The smallest absolute Gasteiger partial charge is 0.0702 e. The van der Waals surface area contributed by atoms with E-state index < -0.39 is 0 Å². The van der Waals surface area contributed by atoms with Crippen LogP contribution in [-0.2, 0) is 28.4 Å². The van der Waals surface area contributed by atoms with Gasteiger partial charge in [0.2, 0.25) is 0 Å². The average Bonchev–Trinajstić information content (AvgIpc) is 3.24. The van der Waals surface area contributed by atoms with Crippen LogP contribution in [0.3, 0.4) is 0 Å². The van der Waals surface area contributed by atoms with Crippen molar-refractivity contribution in [1.82, 2.24) is 29.4 Å². The molecule has 0 aromatic rings. The van der Waals surface area contributed by atoms with Gasteiger partial charge in [-0.25, -0.2) is 0 Å². The van der Waals surface area contributed by atoms with Gasteiger partial charge in [-0.3, -0.25) is 29.4 Å². The lowest BCUT2D eigenvalue weighted by Crippen LogP contribution is -2.52. The molecule has 0 bridgehead atoms. The van der Waals surface area contributed by atoms with Crippen LogP contribution in [-0.4, -0.2) is 224 Å². The second-order valence-electron chi connectivity index (χ2n) is 18.6. The summed E-state index contributed by atoms with van der Waals surface area (Å²) in [5, 5.41) is 0. The number of hydrogen-bond acceptors (Lipinski definition) is 12. The molecule has 10 atom stereocenters. The third-order valence-corrected chi connectivity index (χ3v) is 14.2. The summed E-state index contributed by atoms with van der Waals surface area (Å²) in [6.45, 7) is 37.8.